The molecule has 0 heterocycles. The van der Waals surface area contributed by atoms with Gasteiger partial charge in [0.05, 0.1) is 5.56 Å². The Hall–Kier alpha value is -1.49. The first-order valence-corrected chi connectivity index (χ1v) is 6.74. The smallest absolute Gasteiger partial charge is 0.335 e. The topological polar surface area (TPSA) is 146 Å². The molecule has 0 radical (unpaired) electrons. The maximum absolute atomic E-state index is 10.9. The molecule has 3 N–H and O–H groups in total. The van der Waals surface area contributed by atoms with Crippen LogP contribution in [0.15, 0.2) is 28.0 Å². The fourth-order valence-electron chi connectivity index (χ4n) is 1.06. The first-order chi connectivity index (χ1) is 7.53. The van der Waals surface area contributed by atoms with Gasteiger partial charge in [-0.3, -0.25) is 9.11 Å². The van der Waals surface area contributed by atoms with Crippen LogP contribution in [0.1, 0.15) is 10.4 Å². The average molecular weight is 282 g/mol. The van der Waals surface area contributed by atoms with E-state index in [1.807, 2.05) is 0 Å². The highest BCUT2D eigenvalue weighted by molar-refractivity contribution is 7.89. The van der Waals surface area contributed by atoms with Crippen LogP contribution in [0.25, 0.3) is 0 Å². The van der Waals surface area contributed by atoms with E-state index in [1.165, 1.54) is 0 Å². The normalized spacial score (nSPS) is 12.4. The van der Waals surface area contributed by atoms with E-state index < -0.39 is 41.6 Å². The van der Waals surface area contributed by atoms with Gasteiger partial charge in [0.15, 0.2) is 0 Å². The minimum Gasteiger partial charge on any atom is -0.478 e. The maximum atomic E-state index is 10.9. The molecule has 0 atom stereocenters. The van der Waals surface area contributed by atoms with Crippen molar-refractivity contribution in [3.63, 3.8) is 0 Å². The van der Waals surface area contributed by atoms with E-state index >= 15 is 0 Å². The summed E-state index contributed by atoms with van der Waals surface area (Å²) in [5.74, 6) is -1.52. The van der Waals surface area contributed by atoms with Crippen molar-refractivity contribution in [2.75, 3.05) is 0 Å². The van der Waals surface area contributed by atoms with E-state index in [0.717, 1.165) is 6.07 Å². The summed E-state index contributed by atoms with van der Waals surface area (Å²) in [4.78, 5) is 8.27. The molecule has 1 aromatic rings. The molecule has 0 aliphatic carbocycles. The molecule has 0 aromatic heterocycles. The minimum absolute atomic E-state index is 0.431. The lowest BCUT2D eigenvalue weighted by Gasteiger charge is -2.05. The molecule has 0 bridgehead atoms. The predicted octanol–water partition coefficient (Wildman–Crippen LogP) is -0.122. The zero-order chi connectivity index (χ0) is 13.4. The summed E-state index contributed by atoms with van der Waals surface area (Å²) in [6.45, 7) is 0. The van der Waals surface area contributed by atoms with Crippen molar-refractivity contribution >= 4 is 26.2 Å². The van der Waals surface area contributed by atoms with Crippen LogP contribution in [-0.4, -0.2) is 37.0 Å². The first kappa shape index (κ1) is 13.6. The quantitative estimate of drug-likeness (QED) is 0.650. The molecular weight excluding hydrogens is 276 g/mol. The Kier molecular flexibility index (Phi) is 3.25. The number of hydrogen-bond donors (Lipinski definition) is 3. The Balaban J connectivity index is 3.73. The average Bonchev–Trinajstić information content (AvgIpc) is 2.14. The largest absolute Gasteiger partial charge is 0.478 e. The van der Waals surface area contributed by atoms with Gasteiger partial charge in [-0.2, -0.15) is 16.8 Å². The standard InChI is InChI=1S/C7H6O8S2/c8-7(9)4-1-2-5(16(10,11)12)6(3-4)17(13,14)15/h1-3H,(H,8,9)(H,10,11,12)(H,13,14,15). The van der Waals surface area contributed by atoms with Crippen molar-refractivity contribution in [1.82, 2.24) is 0 Å². The van der Waals surface area contributed by atoms with Crippen molar-refractivity contribution < 1.29 is 35.8 Å². The Morgan fingerprint density at radius 1 is 0.941 bits per heavy atom. The lowest BCUT2D eigenvalue weighted by Crippen LogP contribution is -2.10. The summed E-state index contributed by atoms with van der Waals surface area (Å²) in [6, 6.07) is 1.78. The van der Waals surface area contributed by atoms with Crippen molar-refractivity contribution in [2.24, 2.45) is 0 Å². The zero-order valence-electron chi connectivity index (χ0n) is 7.93. The molecule has 0 saturated heterocycles. The third-order valence-corrected chi connectivity index (χ3v) is 3.68. The van der Waals surface area contributed by atoms with Crippen molar-refractivity contribution in [2.45, 2.75) is 9.79 Å². The highest BCUT2D eigenvalue weighted by Gasteiger charge is 2.25. The number of carboxylic acid groups (broad SMARTS) is 1. The molecular formula is C7H6O8S2. The maximum Gasteiger partial charge on any atom is 0.335 e. The van der Waals surface area contributed by atoms with Gasteiger partial charge in [-0.1, -0.05) is 0 Å². The van der Waals surface area contributed by atoms with Crippen LogP contribution in [0.4, 0.5) is 0 Å². The number of carboxylic acids is 1. The molecule has 0 fully saturated rings. The van der Waals surface area contributed by atoms with Gasteiger partial charge in [-0.05, 0) is 18.2 Å². The summed E-state index contributed by atoms with van der Waals surface area (Å²) in [6.07, 6.45) is 0. The van der Waals surface area contributed by atoms with Crippen LogP contribution in [-0.2, 0) is 20.2 Å². The third kappa shape index (κ3) is 3.00. The Morgan fingerprint density at radius 2 is 1.41 bits per heavy atom. The number of hydrogen-bond acceptors (Lipinski definition) is 5. The lowest BCUT2D eigenvalue weighted by atomic mass is 10.2. The highest BCUT2D eigenvalue weighted by atomic mass is 32.2. The van der Waals surface area contributed by atoms with Crippen LogP contribution in [0, 0.1) is 0 Å². The second-order valence-corrected chi connectivity index (χ2v) is 5.70. The number of rotatable bonds is 3. The summed E-state index contributed by atoms with van der Waals surface area (Å²) >= 11 is 0. The molecule has 94 valence electrons. The predicted molar refractivity (Wildman–Crippen MR) is 53.0 cm³/mol. The van der Waals surface area contributed by atoms with E-state index in [2.05, 4.69) is 0 Å². The fourth-order valence-corrected chi connectivity index (χ4v) is 2.84. The molecule has 0 spiro atoms. The van der Waals surface area contributed by atoms with Crippen LogP contribution in [0.5, 0.6) is 0 Å². The third-order valence-electron chi connectivity index (χ3n) is 1.75. The van der Waals surface area contributed by atoms with Crippen molar-refractivity contribution in [1.29, 1.82) is 0 Å². The molecule has 10 heteroatoms. The molecule has 8 nitrogen and oxygen atoms in total. The van der Waals surface area contributed by atoms with Crippen LogP contribution < -0.4 is 0 Å². The van der Waals surface area contributed by atoms with Gasteiger partial charge in [0.2, 0.25) is 0 Å². The number of aromatic carboxylic acids is 1. The van der Waals surface area contributed by atoms with Crippen LogP contribution >= 0.6 is 0 Å². The monoisotopic (exact) mass is 282 g/mol. The molecule has 0 saturated carbocycles. The summed E-state index contributed by atoms with van der Waals surface area (Å²) in [7, 11) is -9.87. The second kappa shape index (κ2) is 4.07. The van der Waals surface area contributed by atoms with E-state index in [9.17, 15) is 21.6 Å². The summed E-state index contributed by atoms with van der Waals surface area (Å²) in [5, 5.41) is 8.58. The minimum atomic E-state index is -4.98. The molecule has 17 heavy (non-hydrogen) atoms. The van der Waals surface area contributed by atoms with Crippen molar-refractivity contribution in [3.8, 4) is 0 Å². The van der Waals surface area contributed by atoms with E-state index in [-0.39, 0.29) is 0 Å². The molecule has 0 amide bonds. The molecule has 0 unspecified atom stereocenters. The number of benzene rings is 1. The SMILES string of the molecule is O=C(O)c1ccc(S(=O)(=O)O)c(S(=O)(=O)O)c1. The summed E-state index contributed by atoms with van der Waals surface area (Å²) in [5.41, 5.74) is -0.551. The van der Waals surface area contributed by atoms with Gasteiger partial charge in [-0.15, -0.1) is 0 Å². The van der Waals surface area contributed by atoms with Gasteiger partial charge in [0.1, 0.15) is 9.79 Å². The Bertz CT molecular complexity index is 670. The van der Waals surface area contributed by atoms with Gasteiger partial charge in [-0.25, -0.2) is 4.79 Å². The van der Waals surface area contributed by atoms with Gasteiger partial charge in [0, 0.05) is 0 Å². The Labute approximate surface area is 96.0 Å². The fraction of sp³-hybridized carbons (Fsp3) is 0. The van der Waals surface area contributed by atoms with E-state index in [1.54, 1.807) is 0 Å². The highest BCUT2D eigenvalue weighted by Crippen LogP contribution is 2.22. The lowest BCUT2D eigenvalue weighted by molar-refractivity contribution is 0.0696. The van der Waals surface area contributed by atoms with Crippen LogP contribution in [0.2, 0.25) is 0 Å². The van der Waals surface area contributed by atoms with Crippen LogP contribution in [0.3, 0.4) is 0 Å². The second-order valence-electron chi connectivity index (χ2n) is 2.92. The molecule has 1 aromatic carbocycles. The first-order valence-electron chi connectivity index (χ1n) is 3.86. The molecule has 0 aliphatic rings. The zero-order valence-corrected chi connectivity index (χ0v) is 9.56. The summed E-state index contributed by atoms with van der Waals surface area (Å²) < 4.78 is 60.8. The van der Waals surface area contributed by atoms with Crippen molar-refractivity contribution in [3.05, 3.63) is 23.8 Å². The van der Waals surface area contributed by atoms with E-state index in [0.29, 0.717) is 12.1 Å². The number of carbonyl (C=O) groups is 1. The van der Waals surface area contributed by atoms with Gasteiger partial charge < -0.3 is 5.11 Å². The molecule has 0 aliphatic heterocycles. The van der Waals surface area contributed by atoms with E-state index in [4.69, 9.17) is 14.2 Å². The van der Waals surface area contributed by atoms with Gasteiger partial charge >= 0.3 is 5.97 Å². The van der Waals surface area contributed by atoms with Gasteiger partial charge in [0.25, 0.3) is 20.2 Å². The molecule has 1 rings (SSSR count). The Morgan fingerprint density at radius 3 is 1.76 bits per heavy atom.